The molecule has 0 fully saturated rings. The molecule has 3 heteroatoms. The molecular weight excluding hydrogens is 224 g/mol. The fourth-order valence-corrected chi connectivity index (χ4v) is 2.05. The fourth-order valence-electron chi connectivity index (χ4n) is 2.05. The first-order valence-corrected chi connectivity index (χ1v) is 6.57. The van der Waals surface area contributed by atoms with Gasteiger partial charge in [0.05, 0.1) is 13.1 Å². The normalized spacial score (nSPS) is 11.0. The van der Waals surface area contributed by atoms with Crippen molar-refractivity contribution >= 4 is 0 Å². The number of quaternary nitrogens is 1. The van der Waals surface area contributed by atoms with Crippen molar-refractivity contribution in [1.82, 2.24) is 0 Å². The Morgan fingerprint density at radius 3 is 2.56 bits per heavy atom. The lowest BCUT2D eigenvalue weighted by Crippen LogP contribution is -2.50. The number of aryl methyl sites for hydroxylation is 1. The monoisotopic (exact) mass is 247 g/mol. The average Bonchev–Trinajstić information content (AvgIpc) is 2.38. The highest BCUT2D eigenvalue weighted by atomic mass is 16.5. The molecule has 0 aliphatic carbocycles. The van der Waals surface area contributed by atoms with Crippen LogP contribution in [0.1, 0.15) is 19.4 Å². The summed E-state index contributed by atoms with van der Waals surface area (Å²) in [6.45, 7) is 10.4. The van der Waals surface area contributed by atoms with Gasteiger partial charge in [0, 0.05) is 0 Å². The van der Waals surface area contributed by atoms with E-state index in [1.807, 2.05) is 18.2 Å². The van der Waals surface area contributed by atoms with Crippen molar-refractivity contribution in [2.75, 3.05) is 32.8 Å². The van der Waals surface area contributed by atoms with E-state index in [9.17, 15) is 0 Å². The van der Waals surface area contributed by atoms with Crippen molar-refractivity contribution in [2.45, 2.75) is 20.8 Å². The highest BCUT2D eigenvalue weighted by Gasteiger charge is 2.22. The molecule has 98 valence electrons. The first kappa shape index (κ1) is 14.5. The van der Waals surface area contributed by atoms with E-state index < -0.39 is 0 Å². The van der Waals surface area contributed by atoms with E-state index in [1.165, 1.54) is 5.56 Å². The average molecular weight is 247 g/mol. The molecule has 1 rings (SSSR count). The third-order valence-corrected chi connectivity index (χ3v) is 3.57. The third-order valence-electron chi connectivity index (χ3n) is 3.57. The minimum Gasteiger partial charge on any atom is -0.488 e. The summed E-state index contributed by atoms with van der Waals surface area (Å²) in [5.41, 5.74) is 1.20. The van der Waals surface area contributed by atoms with Crippen LogP contribution in [0, 0.1) is 18.3 Å². The van der Waals surface area contributed by atoms with Gasteiger partial charge >= 0.3 is 0 Å². The predicted octanol–water partition coefficient (Wildman–Crippen LogP) is 2.75. The molecule has 0 spiro atoms. The molecule has 0 atom stereocenters. The number of benzene rings is 1. The molecule has 18 heavy (non-hydrogen) atoms. The highest BCUT2D eigenvalue weighted by molar-refractivity contribution is 5.27. The minimum atomic E-state index is 0.560. The molecule has 1 aromatic rings. The van der Waals surface area contributed by atoms with E-state index in [0.29, 0.717) is 13.2 Å². The smallest absolute Gasteiger partial charge is 0.166 e. The van der Waals surface area contributed by atoms with Crippen LogP contribution >= 0.6 is 0 Å². The summed E-state index contributed by atoms with van der Waals surface area (Å²) >= 11 is 0. The molecule has 0 amide bonds. The van der Waals surface area contributed by atoms with Crippen molar-refractivity contribution in [3.63, 3.8) is 0 Å². The second-order valence-corrected chi connectivity index (χ2v) is 4.68. The van der Waals surface area contributed by atoms with Gasteiger partial charge in [-0.1, -0.05) is 12.1 Å². The van der Waals surface area contributed by atoms with Crippen molar-refractivity contribution in [1.29, 1.82) is 5.26 Å². The van der Waals surface area contributed by atoms with Gasteiger partial charge in [0.1, 0.15) is 25.0 Å². The van der Waals surface area contributed by atoms with Crippen molar-refractivity contribution in [3.05, 3.63) is 29.8 Å². The Morgan fingerprint density at radius 2 is 2.00 bits per heavy atom. The molecule has 1 aromatic carbocycles. The Hall–Kier alpha value is -1.53. The summed E-state index contributed by atoms with van der Waals surface area (Å²) in [7, 11) is 0. The summed E-state index contributed by atoms with van der Waals surface area (Å²) in [6, 6.07) is 10.4. The molecule has 0 saturated carbocycles. The molecule has 0 bridgehead atoms. The maximum atomic E-state index is 8.91. The zero-order valence-electron chi connectivity index (χ0n) is 11.6. The lowest BCUT2D eigenvalue weighted by molar-refractivity contribution is -0.918. The number of ether oxygens (including phenoxy) is 1. The number of likely N-dealkylation sites (N-methyl/N-ethyl adjacent to an activating group) is 1. The number of hydrogen-bond donors (Lipinski definition) is 0. The molecule has 0 unspecified atom stereocenters. The second-order valence-electron chi connectivity index (χ2n) is 4.68. The highest BCUT2D eigenvalue weighted by Crippen LogP contribution is 2.13. The second kappa shape index (κ2) is 7.03. The van der Waals surface area contributed by atoms with Gasteiger partial charge < -0.3 is 9.22 Å². The van der Waals surface area contributed by atoms with Gasteiger partial charge in [0.15, 0.2) is 6.54 Å². The van der Waals surface area contributed by atoms with Crippen LogP contribution in [0.3, 0.4) is 0 Å². The van der Waals surface area contributed by atoms with Crippen LogP contribution in [-0.2, 0) is 0 Å². The van der Waals surface area contributed by atoms with Crippen molar-refractivity contribution < 1.29 is 9.22 Å². The largest absolute Gasteiger partial charge is 0.488 e. The maximum absolute atomic E-state index is 8.91. The SMILES string of the molecule is CC[N+](CC)(CC#N)CCOc1cccc(C)c1. The van der Waals surface area contributed by atoms with Crippen LogP contribution in [-0.4, -0.2) is 37.3 Å². The first-order valence-electron chi connectivity index (χ1n) is 6.57. The van der Waals surface area contributed by atoms with Crippen LogP contribution in [0.25, 0.3) is 0 Å². The van der Waals surface area contributed by atoms with Gasteiger partial charge in [-0.25, -0.2) is 0 Å². The van der Waals surface area contributed by atoms with Gasteiger partial charge in [-0.05, 0) is 38.5 Å². The van der Waals surface area contributed by atoms with Gasteiger partial charge in [-0.3, -0.25) is 0 Å². The van der Waals surface area contributed by atoms with E-state index in [0.717, 1.165) is 29.9 Å². The zero-order chi connectivity index (χ0) is 13.4. The molecule has 0 aromatic heterocycles. The Balaban J connectivity index is 2.51. The molecule has 3 nitrogen and oxygen atoms in total. The zero-order valence-corrected chi connectivity index (χ0v) is 11.6. The van der Waals surface area contributed by atoms with Crippen LogP contribution < -0.4 is 4.74 Å². The Labute approximate surface area is 110 Å². The Kier molecular flexibility index (Phi) is 5.67. The van der Waals surface area contributed by atoms with Gasteiger partial charge in [0.25, 0.3) is 0 Å². The van der Waals surface area contributed by atoms with E-state index >= 15 is 0 Å². The predicted molar refractivity (Wildman–Crippen MR) is 73.4 cm³/mol. The number of nitriles is 1. The van der Waals surface area contributed by atoms with Crippen LogP contribution in [0.15, 0.2) is 24.3 Å². The van der Waals surface area contributed by atoms with Crippen LogP contribution in [0.4, 0.5) is 0 Å². The quantitative estimate of drug-likeness (QED) is 0.548. The van der Waals surface area contributed by atoms with Crippen molar-refractivity contribution in [3.8, 4) is 11.8 Å². The molecule has 0 N–H and O–H groups in total. The lowest BCUT2D eigenvalue weighted by atomic mass is 10.2. The van der Waals surface area contributed by atoms with Crippen LogP contribution in [0.5, 0.6) is 5.75 Å². The molecule has 0 heterocycles. The molecule has 0 aliphatic heterocycles. The number of hydrogen-bond acceptors (Lipinski definition) is 2. The molecular formula is C15H23N2O+. The summed E-state index contributed by atoms with van der Waals surface area (Å²) in [4.78, 5) is 0. The summed E-state index contributed by atoms with van der Waals surface area (Å²) in [5.74, 6) is 0.914. The number of rotatable bonds is 7. The Bertz CT molecular complexity index is 405. The minimum absolute atomic E-state index is 0.560. The lowest BCUT2D eigenvalue weighted by Gasteiger charge is -2.34. The topological polar surface area (TPSA) is 33.0 Å². The van der Waals surface area contributed by atoms with E-state index in [4.69, 9.17) is 10.00 Å². The van der Waals surface area contributed by atoms with E-state index in [2.05, 4.69) is 32.9 Å². The molecule has 0 radical (unpaired) electrons. The fraction of sp³-hybridized carbons (Fsp3) is 0.533. The molecule has 0 saturated heterocycles. The Morgan fingerprint density at radius 1 is 1.28 bits per heavy atom. The third kappa shape index (κ3) is 4.05. The van der Waals surface area contributed by atoms with Gasteiger partial charge in [0.2, 0.25) is 0 Å². The summed E-state index contributed by atoms with van der Waals surface area (Å²) in [6.07, 6.45) is 0. The van der Waals surface area contributed by atoms with E-state index in [-0.39, 0.29) is 0 Å². The standard InChI is InChI=1S/C15H23N2O/c1-4-17(5-2,10-9-16)11-12-18-15-8-6-7-14(3)13-15/h6-8,13H,4-5,10-12H2,1-3H3/q+1. The van der Waals surface area contributed by atoms with Crippen LogP contribution in [0.2, 0.25) is 0 Å². The molecule has 0 aliphatic rings. The summed E-state index contributed by atoms with van der Waals surface area (Å²) in [5, 5.41) is 8.91. The van der Waals surface area contributed by atoms with Gasteiger partial charge in [-0.15, -0.1) is 0 Å². The number of nitrogens with zero attached hydrogens (tertiary/aromatic N) is 2. The summed E-state index contributed by atoms with van der Waals surface area (Å²) < 4.78 is 6.58. The maximum Gasteiger partial charge on any atom is 0.166 e. The first-order chi connectivity index (χ1) is 8.65. The van der Waals surface area contributed by atoms with Crippen molar-refractivity contribution in [2.24, 2.45) is 0 Å². The van der Waals surface area contributed by atoms with E-state index in [1.54, 1.807) is 0 Å². The van der Waals surface area contributed by atoms with Gasteiger partial charge in [-0.2, -0.15) is 5.26 Å².